The van der Waals surface area contributed by atoms with Crippen molar-refractivity contribution < 1.29 is 27.8 Å². The highest BCUT2D eigenvalue weighted by Gasteiger charge is 2.25. The van der Waals surface area contributed by atoms with Gasteiger partial charge < -0.3 is 23.3 Å². The normalized spacial score (nSPS) is 16.8. The predicted molar refractivity (Wildman–Crippen MR) is 139 cm³/mol. The maximum atomic E-state index is 12.5. The molecule has 0 aliphatic rings. The van der Waals surface area contributed by atoms with E-state index < -0.39 is 39.2 Å². The molecule has 11 nitrogen and oxygen atoms in total. The molecule has 2 unspecified atom stereocenters. The summed E-state index contributed by atoms with van der Waals surface area (Å²) in [5, 5.41) is 0. The van der Waals surface area contributed by atoms with Crippen molar-refractivity contribution in [3.63, 3.8) is 0 Å². The zero-order chi connectivity index (χ0) is 26.6. The van der Waals surface area contributed by atoms with Crippen molar-refractivity contribution in [3.05, 3.63) is 45.0 Å². The third kappa shape index (κ3) is 11.6. The van der Waals surface area contributed by atoms with Gasteiger partial charge in [0, 0.05) is 45.2 Å². The zero-order valence-corrected chi connectivity index (χ0v) is 23.8. The molecule has 0 saturated heterocycles. The van der Waals surface area contributed by atoms with Gasteiger partial charge in [0.25, 0.3) is 5.56 Å². The Labute approximate surface area is 209 Å². The summed E-state index contributed by atoms with van der Waals surface area (Å²) in [6, 6.07) is 1.80. The zero-order valence-electron chi connectivity index (χ0n) is 22.0. The average molecular weight is 538 g/mol. The second-order valence-electron chi connectivity index (χ2n) is 8.47. The molecule has 1 N–H and O–H groups in total. The Morgan fingerprint density at radius 2 is 1.80 bits per heavy atom. The van der Waals surface area contributed by atoms with E-state index in [1.54, 1.807) is 13.2 Å². The number of hydrogen-bond donors (Lipinski definition) is 1. The molecule has 1 aromatic heterocycles. The van der Waals surface area contributed by atoms with E-state index in [2.05, 4.69) is 37.3 Å². The first-order chi connectivity index (χ1) is 16.4. The Morgan fingerprint density at radius 3 is 2.34 bits per heavy atom. The van der Waals surface area contributed by atoms with Crippen LogP contribution in [0.2, 0.25) is 0 Å². The lowest BCUT2D eigenvalue weighted by atomic mass is 10.3. The average Bonchev–Trinajstić information content (AvgIpc) is 2.77. The smallest absolute Gasteiger partial charge is 0.330 e. The minimum Gasteiger partial charge on any atom is -0.382 e. The highest BCUT2D eigenvalue weighted by atomic mass is 31.2. The van der Waals surface area contributed by atoms with Crippen LogP contribution in [0, 0.1) is 0 Å². The lowest BCUT2D eigenvalue weighted by molar-refractivity contribution is -0.0959. The summed E-state index contributed by atoms with van der Waals surface area (Å²) in [6.45, 7) is 12.8. The molecule has 13 heteroatoms. The van der Waals surface area contributed by atoms with E-state index in [0.29, 0.717) is 6.61 Å². The number of rotatable bonds is 17. The van der Waals surface area contributed by atoms with E-state index >= 15 is 0 Å². The fourth-order valence-electron chi connectivity index (χ4n) is 3.32. The number of aromatic nitrogens is 2. The molecule has 35 heavy (non-hydrogen) atoms. The van der Waals surface area contributed by atoms with Crippen molar-refractivity contribution >= 4 is 15.7 Å². The van der Waals surface area contributed by atoms with Gasteiger partial charge in [-0.25, -0.2) is 4.79 Å². The van der Waals surface area contributed by atoms with Gasteiger partial charge in [0.05, 0.1) is 26.4 Å². The Kier molecular flexibility index (Phi) is 14.4. The molecule has 0 aliphatic heterocycles. The third-order valence-electron chi connectivity index (χ3n) is 4.93. The van der Waals surface area contributed by atoms with Gasteiger partial charge in [-0.3, -0.25) is 23.6 Å². The van der Waals surface area contributed by atoms with Gasteiger partial charge in [-0.1, -0.05) is 0 Å². The lowest BCUT2D eigenvalue weighted by Crippen LogP contribution is -2.37. The van der Waals surface area contributed by atoms with Crippen LogP contribution in [-0.2, 0) is 27.8 Å². The van der Waals surface area contributed by atoms with Gasteiger partial charge in [-0.15, -0.1) is 0 Å². The Hall–Kier alpha value is -1.16. The maximum absolute atomic E-state index is 12.5. The van der Waals surface area contributed by atoms with Crippen molar-refractivity contribution in [1.82, 2.24) is 14.2 Å². The van der Waals surface area contributed by atoms with Crippen LogP contribution in [0.3, 0.4) is 0 Å². The summed E-state index contributed by atoms with van der Waals surface area (Å²) >= 11 is 0. The molecule has 0 radical (unpaired) electrons. The van der Waals surface area contributed by atoms with E-state index in [-0.39, 0.29) is 31.9 Å². The predicted octanol–water partition coefficient (Wildman–Crippen LogP) is 3.23. The van der Waals surface area contributed by atoms with Crippen molar-refractivity contribution in [2.75, 3.05) is 54.0 Å². The molecule has 4 atom stereocenters. The van der Waals surface area contributed by atoms with Crippen molar-refractivity contribution in [1.29, 1.82) is 0 Å². The SMILES string of the molecule is COCCOC[C@@H](O[C@H](/C=C/P(C)(=O)OC)COP(C)N(C(C)C)C(C)C)n1ccc(=O)[nH]c1=O. The fourth-order valence-corrected chi connectivity index (χ4v) is 5.74. The molecule has 0 saturated carbocycles. The monoisotopic (exact) mass is 537 g/mol. The van der Waals surface area contributed by atoms with Gasteiger partial charge in [0.2, 0.25) is 7.37 Å². The number of hydrogen-bond acceptors (Lipinski definition) is 9. The molecule has 1 rings (SSSR count). The van der Waals surface area contributed by atoms with E-state index in [9.17, 15) is 14.2 Å². The molecule has 0 bridgehead atoms. The summed E-state index contributed by atoms with van der Waals surface area (Å²) in [5.41, 5.74) is -1.15. The van der Waals surface area contributed by atoms with Gasteiger partial charge in [0.1, 0.15) is 14.4 Å². The first-order valence-electron chi connectivity index (χ1n) is 11.4. The molecule has 0 aromatic carbocycles. The number of ether oxygens (including phenoxy) is 3. The van der Waals surface area contributed by atoms with Crippen LogP contribution in [0.25, 0.3) is 0 Å². The molecule has 1 aromatic rings. The van der Waals surface area contributed by atoms with Crippen molar-refractivity contribution in [3.8, 4) is 0 Å². The first kappa shape index (κ1) is 31.9. The van der Waals surface area contributed by atoms with Crippen molar-refractivity contribution in [2.45, 2.75) is 52.1 Å². The number of nitrogens with one attached hydrogen (secondary N) is 1. The molecule has 0 amide bonds. The van der Waals surface area contributed by atoms with Gasteiger partial charge >= 0.3 is 5.69 Å². The minimum absolute atomic E-state index is 0.0126. The van der Waals surface area contributed by atoms with E-state index in [1.807, 2.05) is 6.66 Å². The van der Waals surface area contributed by atoms with Crippen LogP contribution in [0.15, 0.2) is 33.7 Å². The number of nitrogens with zero attached hydrogens (tertiary/aromatic N) is 2. The number of methoxy groups -OCH3 is 1. The minimum atomic E-state index is -2.97. The standard InChI is InChI=1S/C22H41N3O8P2/c1-17(2)25(18(3)4)34(7)32-15-19(10-14-35(8,28)30-6)33-21(16-31-13-12-29-5)24-11-9-20(26)23-22(24)27/h9-11,14,17-19,21H,12-13,15-16H2,1-8H3,(H,23,26,27)/b14-10+/t19-,21-,34?,35?/m1/s1. The number of H-pyrrole nitrogens is 1. The quantitative estimate of drug-likeness (QED) is 0.236. The topological polar surface area (TPSA) is 121 Å². The summed E-state index contributed by atoms with van der Waals surface area (Å²) < 4.78 is 44.1. The van der Waals surface area contributed by atoms with E-state index in [4.69, 9.17) is 23.3 Å². The van der Waals surface area contributed by atoms with Crippen LogP contribution in [0.1, 0.15) is 33.9 Å². The Balaban J connectivity index is 3.19. The van der Waals surface area contributed by atoms with Crippen LogP contribution in [0.5, 0.6) is 0 Å². The van der Waals surface area contributed by atoms with Crippen LogP contribution < -0.4 is 11.2 Å². The van der Waals surface area contributed by atoms with E-state index in [1.165, 1.54) is 36.4 Å². The number of aromatic amines is 1. The maximum Gasteiger partial charge on any atom is 0.330 e. The third-order valence-corrected chi connectivity index (χ3v) is 8.46. The Bertz CT molecular complexity index is 926. The van der Waals surface area contributed by atoms with E-state index in [0.717, 1.165) is 0 Å². The molecular formula is C22H41N3O8P2. The molecule has 202 valence electrons. The summed E-state index contributed by atoms with van der Waals surface area (Å²) in [5.74, 6) is 1.46. The highest BCUT2D eigenvalue weighted by Crippen LogP contribution is 2.44. The molecule has 0 aliphatic carbocycles. The van der Waals surface area contributed by atoms with Gasteiger partial charge in [-0.05, 0) is 46.3 Å². The van der Waals surface area contributed by atoms with Gasteiger partial charge in [0.15, 0.2) is 6.23 Å². The van der Waals surface area contributed by atoms with Crippen LogP contribution in [0.4, 0.5) is 0 Å². The lowest BCUT2D eigenvalue weighted by Gasteiger charge is -2.36. The molecule has 0 fully saturated rings. The molecule has 1 heterocycles. The second-order valence-corrected chi connectivity index (χ2v) is 12.6. The highest BCUT2D eigenvalue weighted by molar-refractivity contribution is 7.61. The largest absolute Gasteiger partial charge is 0.382 e. The van der Waals surface area contributed by atoms with Gasteiger partial charge in [-0.2, -0.15) is 0 Å². The summed E-state index contributed by atoms with van der Waals surface area (Å²) in [6.07, 6.45) is 1.39. The van der Waals surface area contributed by atoms with Crippen LogP contribution in [-0.4, -0.2) is 86.4 Å². The van der Waals surface area contributed by atoms with Crippen molar-refractivity contribution in [2.24, 2.45) is 0 Å². The fraction of sp³-hybridized carbons (Fsp3) is 0.727. The first-order valence-corrected chi connectivity index (χ1v) is 15.2. The Morgan fingerprint density at radius 1 is 1.14 bits per heavy atom. The summed E-state index contributed by atoms with van der Waals surface area (Å²) in [4.78, 5) is 26.2. The molecule has 0 spiro atoms. The second kappa shape index (κ2) is 15.8. The van der Waals surface area contributed by atoms with Crippen LogP contribution >= 0.6 is 15.7 Å². The summed E-state index contributed by atoms with van der Waals surface area (Å²) in [7, 11) is -0.990. The molecular weight excluding hydrogens is 496 g/mol.